The van der Waals surface area contributed by atoms with E-state index in [9.17, 15) is 0 Å². The second kappa shape index (κ2) is 6.57. The van der Waals surface area contributed by atoms with Gasteiger partial charge in [0.2, 0.25) is 0 Å². The lowest BCUT2D eigenvalue weighted by Crippen LogP contribution is -2.02. The zero-order chi connectivity index (χ0) is 13.7. The SMILES string of the molecule is CCCNc1cc(Sc2ccc(C)cc2C)ncn1. The standard InChI is InChI=1S/C15H19N3S/c1-4-7-16-14-9-15(18-10-17-14)19-13-6-5-11(2)8-12(13)3/h5-6,8-10H,4,7H2,1-3H3,(H,16,17,18). The highest BCUT2D eigenvalue weighted by Crippen LogP contribution is 2.29. The number of rotatable bonds is 5. The molecule has 2 rings (SSSR count). The smallest absolute Gasteiger partial charge is 0.130 e. The molecule has 3 nitrogen and oxygen atoms in total. The summed E-state index contributed by atoms with van der Waals surface area (Å²) in [4.78, 5) is 9.78. The van der Waals surface area contributed by atoms with Gasteiger partial charge in [-0.3, -0.25) is 0 Å². The van der Waals surface area contributed by atoms with E-state index in [-0.39, 0.29) is 0 Å². The summed E-state index contributed by atoms with van der Waals surface area (Å²) in [5.74, 6) is 0.893. The second-order valence-electron chi connectivity index (χ2n) is 4.54. The van der Waals surface area contributed by atoms with Crippen LogP contribution in [0, 0.1) is 13.8 Å². The maximum absolute atomic E-state index is 4.32. The molecule has 0 fully saturated rings. The maximum atomic E-state index is 4.32. The number of benzene rings is 1. The fourth-order valence-electron chi connectivity index (χ4n) is 1.77. The minimum absolute atomic E-state index is 0.893. The molecular weight excluding hydrogens is 254 g/mol. The van der Waals surface area contributed by atoms with Crippen molar-refractivity contribution in [3.63, 3.8) is 0 Å². The third-order valence-electron chi connectivity index (χ3n) is 2.74. The van der Waals surface area contributed by atoms with Crippen molar-refractivity contribution < 1.29 is 0 Å². The van der Waals surface area contributed by atoms with Crippen LogP contribution in [0.1, 0.15) is 24.5 Å². The summed E-state index contributed by atoms with van der Waals surface area (Å²) in [5, 5.41) is 4.25. The van der Waals surface area contributed by atoms with Crippen LogP contribution in [-0.4, -0.2) is 16.5 Å². The third-order valence-corrected chi connectivity index (χ3v) is 3.85. The van der Waals surface area contributed by atoms with Gasteiger partial charge >= 0.3 is 0 Å². The first-order valence-electron chi connectivity index (χ1n) is 6.50. The molecule has 0 aliphatic carbocycles. The minimum Gasteiger partial charge on any atom is -0.370 e. The molecule has 0 saturated heterocycles. The lowest BCUT2D eigenvalue weighted by molar-refractivity contribution is 0.953. The van der Waals surface area contributed by atoms with E-state index in [0.29, 0.717) is 0 Å². The van der Waals surface area contributed by atoms with Crippen molar-refractivity contribution in [2.24, 2.45) is 0 Å². The van der Waals surface area contributed by atoms with Crippen LogP contribution in [-0.2, 0) is 0 Å². The fourth-order valence-corrected chi connectivity index (χ4v) is 2.62. The van der Waals surface area contributed by atoms with E-state index in [1.165, 1.54) is 16.0 Å². The lowest BCUT2D eigenvalue weighted by Gasteiger charge is -2.07. The van der Waals surface area contributed by atoms with Crippen LogP contribution in [0.3, 0.4) is 0 Å². The Hall–Kier alpha value is -1.55. The highest BCUT2D eigenvalue weighted by Gasteiger charge is 2.04. The van der Waals surface area contributed by atoms with Crippen molar-refractivity contribution in [2.45, 2.75) is 37.1 Å². The van der Waals surface area contributed by atoms with Gasteiger partial charge in [-0.15, -0.1) is 0 Å². The minimum atomic E-state index is 0.893. The molecule has 0 aliphatic heterocycles. The van der Waals surface area contributed by atoms with E-state index in [2.05, 4.69) is 54.3 Å². The van der Waals surface area contributed by atoms with Gasteiger partial charge < -0.3 is 5.32 Å². The Morgan fingerprint density at radius 1 is 1.16 bits per heavy atom. The Kier molecular flexibility index (Phi) is 4.80. The quantitative estimate of drug-likeness (QED) is 0.833. The van der Waals surface area contributed by atoms with Crippen molar-refractivity contribution in [3.05, 3.63) is 41.7 Å². The zero-order valence-electron chi connectivity index (χ0n) is 11.6. The number of hydrogen-bond donors (Lipinski definition) is 1. The van der Waals surface area contributed by atoms with Crippen LogP contribution in [0.4, 0.5) is 5.82 Å². The van der Waals surface area contributed by atoms with Crippen LogP contribution < -0.4 is 5.32 Å². The van der Waals surface area contributed by atoms with Gasteiger partial charge in [-0.2, -0.15) is 0 Å². The molecule has 1 heterocycles. The Balaban J connectivity index is 2.14. The molecule has 0 saturated carbocycles. The van der Waals surface area contributed by atoms with E-state index >= 15 is 0 Å². The molecule has 0 aliphatic rings. The predicted molar refractivity (Wildman–Crippen MR) is 80.9 cm³/mol. The number of hydrogen-bond acceptors (Lipinski definition) is 4. The number of nitrogens with one attached hydrogen (secondary N) is 1. The number of aryl methyl sites for hydroxylation is 2. The van der Waals surface area contributed by atoms with Crippen LogP contribution in [0.2, 0.25) is 0 Å². The van der Waals surface area contributed by atoms with Crippen LogP contribution in [0.5, 0.6) is 0 Å². The summed E-state index contributed by atoms with van der Waals surface area (Å²) < 4.78 is 0. The molecule has 2 aromatic rings. The normalized spacial score (nSPS) is 10.5. The molecule has 0 unspecified atom stereocenters. The molecule has 0 amide bonds. The van der Waals surface area contributed by atoms with Gasteiger partial charge in [0, 0.05) is 17.5 Å². The van der Waals surface area contributed by atoms with Crippen molar-refractivity contribution in [3.8, 4) is 0 Å². The molecule has 0 radical (unpaired) electrons. The number of aromatic nitrogens is 2. The number of nitrogens with zero attached hydrogens (tertiary/aromatic N) is 2. The highest BCUT2D eigenvalue weighted by molar-refractivity contribution is 7.99. The molecule has 1 N–H and O–H groups in total. The van der Waals surface area contributed by atoms with Crippen molar-refractivity contribution in [2.75, 3.05) is 11.9 Å². The molecule has 100 valence electrons. The van der Waals surface area contributed by atoms with E-state index in [1.54, 1.807) is 18.1 Å². The molecule has 0 bridgehead atoms. The van der Waals surface area contributed by atoms with Gasteiger partial charge in [0.25, 0.3) is 0 Å². The Morgan fingerprint density at radius 2 is 2.00 bits per heavy atom. The van der Waals surface area contributed by atoms with E-state index in [4.69, 9.17) is 0 Å². The fraction of sp³-hybridized carbons (Fsp3) is 0.333. The second-order valence-corrected chi connectivity index (χ2v) is 5.60. The summed E-state index contributed by atoms with van der Waals surface area (Å²) >= 11 is 1.68. The summed E-state index contributed by atoms with van der Waals surface area (Å²) in [7, 11) is 0. The molecule has 1 aromatic heterocycles. The average Bonchev–Trinajstić information content (AvgIpc) is 2.40. The molecule has 4 heteroatoms. The van der Waals surface area contributed by atoms with Gasteiger partial charge in [0.15, 0.2) is 0 Å². The third kappa shape index (κ3) is 3.96. The van der Waals surface area contributed by atoms with E-state index < -0.39 is 0 Å². The molecule has 0 spiro atoms. The molecule has 1 aromatic carbocycles. The molecule has 0 atom stereocenters. The van der Waals surface area contributed by atoms with Crippen LogP contribution >= 0.6 is 11.8 Å². The first-order valence-corrected chi connectivity index (χ1v) is 7.31. The van der Waals surface area contributed by atoms with Gasteiger partial charge in [-0.25, -0.2) is 9.97 Å². The summed E-state index contributed by atoms with van der Waals surface area (Å²) in [5.41, 5.74) is 2.57. The van der Waals surface area contributed by atoms with Crippen LogP contribution in [0.25, 0.3) is 0 Å². The first kappa shape index (κ1) is 13.9. The summed E-state index contributed by atoms with van der Waals surface area (Å²) in [6.07, 6.45) is 2.70. The Morgan fingerprint density at radius 3 is 2.74 bits per heavy atom. The maximum Gasteiger partial charge on any atom is 0.130 e. The van der Waals surface area contributed by atoms with Crippen LogP contribution in [0.15, 0.2) is 40.5 Å². The van der Waals surface area contributed by atoms with Crippen molar-refractivity contribution in [1.82, 2.24) is 9.97 Å². The average molecular weight is 273 g/mol. The highest BCUT2D eigenvalue weighted by atomic mass is 32.2. The summed E-state index contributed by atoms with van der Waals surface area (Å²) in [6.45, 7) is 7.32. The Labute approximate surface area is 118 Å². The van der Waals surface area contributed by atoms with Gasteiger partial charge in [0.1, 0.15) is 17.2 Å². The topological polar surface area (TPSA) is 37.8 Å². The largest absolute Gasteiger partial charge is 0.370 e. The number of anilines is 1. The lowest BCUT2D eigenvalue weighted by atomic mass is 10.2. The Bertz CT molecular complexity index is 555. The van der Waals surface area contributed by atoms with Gasteiger partial charge in [0.05, 0.1) is 0 Å². The van der Waals surface area contributed by atoms with E-state index in [0.717, 1.165) is 23.8 Å². The molecule has 19 heavy (non-hydrogen) atoms. The van der Waals surface area contributed by atoms with Crippen molar-refractivity contribution in [1.29, 1.82) is 0 Å². The first-order chi connectivity index (χ1) is 9.19. The predicted octanol–water partition coefficient (Wildman–Crippen LogP) is 4.07. The summed E-state index contributed by atoms with van der Waals surface area (Å²) in [6, 6.07) is 8.47. The van der Waals surface area contributed by atoms with E-state index in [1.807, 2.05) is 6.07 Å². The van der Waals surface area contributed by atoms with Crippen molar-refractivity contribution >= 4 is 17.6 Å². The zero-order valence-corrected chi connectivity index (χ0v) is 12.4. The van der Waals surface area contributed by atoms with Gasteiger partial charge in [-0.05, 0) is 31.9 Å². The molecular formula is C15H19N3S. The monoisotopic (exact) mass is 273 g/mol. The van der Waals surface area contributed by atoms with Gasteiger partial charge in [-0.1, -0.05) is 36.4 Å².